The molecule has 278 valence electrons. The predicted molar refractivity (Wildman–Crippen MR) is 208 cm³/mol. The zero-order valence-corrected chi connectivity index (χ0v) is 33.0. The predicted octanol–water partition coefficient (Wildman–Crippen LogP) is 5.40. The third-order valence-electron chi connectivity index (χ3n) is 9.32. The average molecular weight is 747 g/mol. The van der Waals surface area contributed by atoms with E-state index in [0.717, 1.165) is 15.9 Å². The summed E-state index contributed by atoms with van der Waals surface area (Å²) in [5, 5.41) is 1.74. The number of aryl methyl sites for hydroxylation is 1. The molecule has 0 amide bonds. The van der Waals surface area contributed by atoms with Crippen LogP contribution in [-0.2, 0) is 28.8 Å². The number of hydrogen-bond donors (Lipinski definition) is 1. The smallest absolute Gasteiger partial charge is 0.358 e. The maximum atomic E-state index is 13.3. The van der Waals surface area contributed by atoms with Gasteiger partial charge in [-0.3, -0.25) is 14.3 Å². The number of ether oxygens (including phenoxy) is 5. The summed E-state index contributed by atoms with van der Waals surface area (Å²) in [5.74, 6) is 0.525. The van der Waals surface area contributed by atoms with Gasteiger partial charge in [0.25, 0.3) is 13.9 Å². The normalized spacial score (nSPS) is 19.4. The maximum Gasteiger partial charge on any atom is 0.358 e. The lowest BCUT2D eigenvalue weighted by Gasteiger charge is -2.43. The van der Waals surface area contributed by atoms with E-state index >= 15 is 0 Å². The second-order valence-electron chi connectivity index (χ2n) is 15.1. The van der Waals surface area contributed by atoms with E-state index in [2.05, 4.69) is 70.8 Å². The third kappa shape index (κ3) is 8.65. The molecule has 52 heavy (non-hydrogen) atoms. The molecule has 1 aromatic heterocycles. The first-order chi connectivity index (χ1) is 24.7. The molecular formula is C40H50N2O8SSi. The van der Waals surface area contributed by atoms with E-state index in [1.165, 1.54) is 10.8 Å². The second kappa shape index (κ2) is 16.4. The lowest BCUT2D eigenvalue weighted by Crippen LogP contribution is -2.67. The van der Waals surface area contributed by atoms with Crippen LogP contribution in [0.5, 0.6) is 5.75 Å². The van der Waals surface area contributed by atoms with Crippen LogP contribution in [0.3, 0.4) is 0 Å². The molecule has 1 N–H and O–H groups in total. The number of hydrogen-bond acceptors (Lipinski definition) is 9. The highest BCUT2D eigenvalue weighted by Crippen LogP contribution is 2.39. The summed E-state index contributed by atoms with van der Waals surface area (Å²) < 4.78 is 39.6. The van der Waals surface area contributed by atoms with Gasteiger partial charge in [-0.1, -0.05) is 114 Å². The van der Waals surface area contributed by atoms with E-state index in [-0.39, 0.29) is 35.5 Å². The number of rotatable bonds is 12. The van der Waals surface area contributed by atoms with Crippen LogP contribution < -0.4 is 26.4 Å². The molecule has 4 aromatic rings. The fraction of sp³-hybridized carbons (Fsp3) is 0.425. The van der Waals surface area contributed by atoms with E-state index < -0.39 is 44.1 Å². The van der Waals surface area contributed by atoms with Crippen LogP contribution in [0, 0.1) is 6.92 Å². The van der Waals surface area contributed by atoms with Crippen LogP contribution in [-0.4, -0.2) is 68.3 Å². The van der Waals surface area contributed by atoms with Gasteiger partial charge in [0, 0.05) is 31.1 Å². The van der Waals surface area contributed by atoms with Gasteiger partial charge in [-0.05, 0) is 45.4 Å². The number of H-pyrrole nitrogens is 1. The first kappa shape index (κ1) is 39.3. The number of benzene rings is 3. The average Bonchev–Trinajstić information content (AvgIpc) is 3.42. The van der Waals surface area contributed by atoms with Crippen LogP contribution in [0.1, 0.15) is 58.9 Å². The molecule has 0 spiro atoms. The molecule has 1 saturated heterocycles. The van der Waals surface area contributed by atoms with Crippen LogP contribution >= 0.6 is 12.2 Å². The van der Waals surface area contributed by atoms with Crippen molar-refractivity contribution in [1.29, 1.82) is 0 Å². The Labute approximate surface area is 312 Å². The number of nitrogens with zero attached hydrogens (tertiary/aromatic N) is 1. The summed E-state index contributed by atoms with van der Waals surface area (Å²) in [6.07, 6.45) is -2.11. The molecule has 0 bridgehead atoms. The van der Waals surface area contributed by atoms with Crippen molar-refractivity contribution in [3.63, 3.8) is 0 Å². The second-order valence-corrected chi connectivity index (χ2v) is 19.7. The number of thiocarbonyl (C=S) groups is 1. The molecule has 0 radical (unpaired) electrons. The van der Waals surface area contributed by atoms with Crippen molar-refractivity contribution in [2.75, 3.05) is 26.9 Å². The number of methoxy groups -OCH3 is 1. The van der Waals surface area contributed by atoms with Gasteiger partial charge in [-0.2, -0.15) is 0 Å². The zero-order chi connectivity index (χ0) is 37.7. The van der Waals surface area contributed by atoms with Crippen molar-refractivity contribution in [3.05, 3.63) is 123 Å². The van der Waals surface area contributed by atoms with Crippen LogP contribution in [0.15, 0.2) is 101 Å². The highest BCUT2D eigenvalue weighted by molar-refractivity contribution is 7.79. The Morgan fingerprint density at radius 1 is 0.885 bits per heavy atom. The minimum Gasteiger partial charge on any atom is -0.447 e. The van der Waals surface area contributed by atoms with Gasteiger partial charge in [0.15, 0.2) is 12.3 Å². The molecule has 2 heterocycles. The van der Waals surface area contributed by atoms with Gasteiger partial charge in [-0.15, -0.1) is 0 Å². The van der Waals surface area contributed by atoms with E-state index in [9.17, 15) is 9.59 Å². The van der Waals surface area contributed by atoms with E-state index in [4.69, 9.17) is 40.3 Å². The van der Waals surface area contributed by atoms with Crippen LogP contribution in [0.25, 0.3) is 0 Å². The Balaban J connectivity index is 1.57. The monoisotopic (exact) mass is 746 g/mol. The van der Waals surface area contributed by atoms with E-state index in [1.807, 2.05) is 60.7 Å². The van der Waals surface area contributed by atoms with Gasteiger partial charge in [0.05, 0.1) is 19.8 Å². The van der Waals surface area contributed by atoms with Crippen molar-refractivity contribution in [1.82, 2.24) is 9.55 Å². The summed E-state index contributed by atoms with van der Waals surface area (Å²) in [6, 6.07) is 28.3. The topological polar surface area (TPSA) is 110 Å². The summed E-state index contributed by atoms with van der Waals surface area (Å²) in [7, 11) is -1.46. The largest absolute Gasteiger partial charge is 0.447 e. The first-order valence-corrected chi connectivity index (χ1v) is 19.8. The molecule has 0 aliphatic carbocycles. The Morgan fingerprint density at radius 2 is 1.52 bits per heavy atom. The van der Waals surface area contributed by atoms with Crippen molar-refractivity contribution in [2.45, 2.75) is 83.5 Å². The molecule has 0 saturated carbocycles. The molecule has 12 heteroatoms. The molecule has 0 unspecified atom stereocenters. The number of nitrogens with one attached hydrogen (secondary N) is 1. The fourth-order valence-corrected chi connectivity index (χ4v) is 11.4. The number of aromatic amines is 1. The maximum absolute atomic E-state index is 13.3. The lowest BCUT2D eigenvalue weighted by atomic mass is 9.87. The molecule has 5 rings (SSSR count). The van der Waals surface area contributed by atoms with Crippen molar-refractivity contribution in [2.24, 2.45) is 0 Å². The van der Waals surface area contributed by atoms with E-state index in [1.54, 1.807) is 14.0 Å². The van der Waals surface area contributed by atoms with Crippen molar-refractivity contribution >= 4 is 36.1 Å². The third-order valence-corrected chi connectivity index (χ3v) is 14.5. The quantitative estimate of drug-likeness (QED) is 0.116. The van der Waals surface area contributed by atoms with E-state index in [0.29, 0.717) is 11.3 Å². The van der Waals surface area contributed by atoms with Crippen molar-refractivity contribution in [3.8, 4) is 5.75 Å². The van der Waals surface area contributed by atoms with Gasteiger partial charge < -0.3 is 28.1 Å². The first-order valence-electron chi connectivity index (χ1n) is 17.5. The van der Waals surface area contributed by atoms with Crippen LogP contribution in [0.4, 0.5) is 0 Å². The Bertz CT molecular complexity index is 1880. The summed E-state index contributed by atoms with van der Waals surface area (Å²) >= 11 is 5.71. The Hall–Kier alpha value is -3.91. The highest BCUT2D eigenvalue weighted by Gasteiger charge is 2.54. The molecule has 1 fully saturated rings. The van der Waals surface area contributed by atoms with Crippen LogP contribution in [0.2, 0.25) is 5.04 Å². The minimum absolute atomic E-state index is 0.0673. The summed E-state index contributed by atoms with van der Waals surface area (Å²) in [6.45, 7) is 15.1. The number of aromatic nitrogens is 2. The van der Waals surface area contributed by atoms with Gasteiger partial charge in [-0.25, -0.2) is 4.79 Å². The molecule has 4 atom stereocenters. The molecular weight excluding hydrogens is 697 g/mol. The summed E-state index contributed by atoms with van der Waals surface area (Å²) in [5.41, 5.74) is 0.164. The summed E-state index contributed by atoms with van der Waals surface area (Å²) in [4.78, 5) is 28.1. The molecule has 10 nitrogen and oxygen atoms in total. The lowest BCUT2D eigenvalue weighted by molar-refractivity contribution is -0.0813. The Kier molecular flexibility index (Phi) is 12.4. The van der Waals surface area contributed by atoms with Gasteiger partial charge in [0.2, 0.25) is 0 Å². The molecule has 1 aliphatic rings. The standard InChI is InChI=1S/C40H50N2O8SSi/c1-27-25-42(37(44)41-35(27)43)36-34(46-23-22-45-8)33(50-38(51)48-29-17-15-16-28(24-29)39(2,3)4)32(49-36)26-47-52(40(5,6)7,30-18-11-9-12-19-30)31-20-13-10-14-21-31/h9-21,24-25,32-34,36H,22-23,26H2,1-8H3,(H,41,43,44)/t32-,33-,34-,36-/m1/s1. The molecule has 3 aromatic carbocycles. The highest BCUT2D eigenvalue weighted by atomic mass is 32.1. The Morgan fingerprint density at radius 3 is 2.10 bits per heavy atom. The van der Waals surface area contributed by atoms with Gasteiger partial charge >= 0.3 is 10.9 Å². The van der Waals surface area contributed by atoms with Gasteiger partial charge in [0.1, 0.15) is 18.0 Å². The van der Waals surface area contributed by atoms with Crippen molar-refractivity contribution < 1.29 is 28.1 Å². The molecule has 1 aliphatic heterocycles. The zero-order valence-electron chi connectivity index (χ0n) is 31.2. The minimum atomic E-state index is -3.03. The fourth-order valence-electron chi connectivity index (χ4n) is 6.65. The SMILES string of the molecule is COCCO[C@@H]1[C@H](OC(=S)Oc2cccc(C(C)(C)C)c2)[C@@H](CO[Si](c2ccccc2)(c2ccccc2)C(C)(C)C)O[C@H]1n1cc(C)c(=O)[nH]c1=O.